The van der Waals surface area contributed by atoms with Gasteiger partial charge in [0.05, 0.1) is 15.6 Å². The van der Waals surface area contributed by atoms with Gasteiger partial charge in [0, 0.05) is 19.3 Å². The van der Waals surface area contributed by atoms with Crippen LogP contribution in [0.2, 0.25) is 0 Å². The first-order chi connectivity index (χ1) is 7.04. The molecular formula is C10H14IN3O. The Bertz CT molecular complexity index is 425. The Labute approximate surface area is 103 Å². The molecule has 0 aliphatic heterocycles. The lowest BCUT2D eigenvalue weighted by atomic mass is 10.3. The summed E-state index contributed by atoms with van der Waals surface area (Å²) in [6.45, 7) is 4.80. The van der Waals surface area contributed by atoms with Gasteiger partial charge in [-0.3, -0.25) is 4.79 Å². The first-order valence-corrected chi connectivity index (χ1v) is 5.76. The lowest BCUT2D eigenvalue weighted by molar-refractivity contribution is 0.552. The largest absolute Gasteiger partial charge is 0.366 e. The van der Waals surface area contributed by atoms with Gasteiger partial charge in [0.15, 0.2) is 0 Å². The normalized spacial score (nSPS) is 10.9. The zero-order valence-corrected chi connectivity index (χ0v) is 11.2. The van der Waals surface area contributed by atoms with Crippen LogP contribution in [-0.2, 0) is 0 Å². The highest BCUT2D eigenvalue weighted by atomic mass is 127. The van der Waals surface area contributed by atoms with Gasteiger partial charge in [0.25, 0.3) is 5.56 Å². The molecular weight excluding hydrogens is 305 g/mol. The van der Waals surface area contributed by atoms with Gasteiger partial charge in [-0.1, -0.05) is 0 Å². The van der Waals surface area contributed by atoms with Crippen LogP contribution in [0.4, 0.5) is 5.69 Å². The second-order valence-corrected chi connectivity index (χ2v) is 4.44. The number of aryl methyl sites for hydroxylation is 1. The molecule has 0 bridgehead atoms. The number of aliphatic imine (C=N–C) groups is 1. The second-order valence-electron chi connectivity index (χ2n) is 3.27. The average Bonchev–Trinajstić information content (AvgIpc) is 2.21. The van der Waals surface area contributed by atoms with Crippen molar-refractivity contribution in [2.24, 2.45) is 4.99 Å². The zero-order chi connectivity index (χ0) is 11.4. The van der Waals surface area contributed by atoms with Gasteiger partial charge in [0.1, 0.15) is 0 Å². The number of rotatable bonds is 3. The molecule has 0 fully saturated rings. The molecule has 0 unspecified atom stereocenters. The van der Waals surface area contributed by atoms with Gasteiger partial charge in [-0.05, 0) is 42.5 Å². The van der Waals surface area contributed by atoms with Crippen LogP contribution in [0.15, 0.2) is 15.9 Å². The van der Waals surface area contributed by atoms with E-state index in [9.17, 15) is 4.79 Å². The van der Waals surface area contributed by atoms with Crippen molar-refractivity contribution in [1.82, 2.24) is 9.88 Å². The summed E-state index contributed by atoms with van der Waals surface area (Å²) in [4.78, 5) is 20.3. The molecule has 1 aromatic heterocycles. The highest BCUT2D eigenvalue weighted by molar-refractivity contribution is 14.1. The summed E-state index contributed by atoms with van der Waals surface area (Å²) in [5, 5.41) is 0. The molecule has 82 valence electrons. The predicted octanol–water partition coefficient (Wildman–Crippen LogP) is 1.90. The molecule has 0 aromatic carbocycles. The molecule has 1 rings (SSSR count). The Kier molecular flexibility index (Phi) is 4.31. The molecule has 4 nitrogen and oxygen atoms in total. The summed E-state index contributed by atoms with van der Waals surface area (Å²) >= 11 is 2.00. The fourth-order valence-electron chi connectivity index (χ4n) is 0.964. The Morgan fingerprint density at radius 3 is 2.93 bits per heavy atom. The standard InChI is InChI=1S/C10H14IN3O/c1-4-14(3)6-12-9-5-8(11)10(15)13-7(9)2/h5-6H,4H2,1-3H3,(H,13,15). The molecule has 0 saturated carbocycles. The molecule has 0 aliphatic carbocycles. The summed E-state index contributed by atoms with van der Waals surface area (Å²) in [6, 6.07) is 1.79. The molecule has 0 aliphatic rings. The second kappa shape index (κ2) is 5.29. The van der Waals surface area contributed by atoms with Crippen LogP contribution in [-0.4, -0.2) is 29.8 Å². The van der Waals surface area contributed by atoms with Crippen molar-refractivity contribution in [3.63, 3.8) is 0 Å². The Morgan fingerprint density at radius 1 is 1.67 bits per heavy atom. The van der Waals surface area contributed by atoms with Crippen molar-refractivity contribution in [1.29, 1.82) is 0 Å². The number of aromatic amines is 1. The van der Waals surface area contributed by atoms with Gasteiger partial charge in [-0.25, -0.2) is 4.99 Å². The number of nitrogens with zero attached hydrogens (tertiary/aromatic N) is 2. The summed E-state index contributed by atoms with van der Waals surface area (Å²) in [5.41, 5.74) is 1.54. The minimum absolute atomic E-state index is 0.0594. The van der Waals surface area contributed by atoms with E-state index in [-0.39, 0.29) is 5.56 Å². The first-order valence-electron chi connectivity index (χ1n) is 4.68. The topological polar surface area (TPSA) is 48.5 Å². The van der Waals surface area contributed by atoms with Gasteiger partial charge >= 0.3 is 0 Å². The number of H-pyrrole nitrogens is 1. The maximum Gasteiger partial charge on any atom is 0.261 e. The van der Waals surface area contributed by atoms with Gasteiger partial charge < -0.3 is 9.88 Å². The van der Waals surface area contributed by atoms with E-state index in [0.717, 1.165) is 17.9 Å². The van der Waals surface area contributed by atoms with Crippen LogP contribution in [0.1, 0.15) is 12.6 Å². The molecule has 1 aromatic rings. The summed E-state index contributed by atoms with van der Waals surface area (Å²) in [7, 11) is 1.95. The number of hydrogen-bond acceptors (Lipinski definition) is 2. The maximum absolute atomic E-state index is 11.3. The van der Waals surface area contributed by atoms with Crippen LogP contribution < -0.4 is 5.56 Å². The SMILES string of the molecule is CCN(C)C=Nc1cc(I)c(=O)[nH]c1C. The Hall–Kier alpha value is -0.850. The number of halogens is 1. The fraction of sp³-hybridized carbons (Fsp3) is 0.400. The number of hydrogen-bond donors (Lipinski definition) is 1. The van der Waals surface area contributed by atoms with Crippen LogP contribution >= 0.6 is 22.6 Å². The Balaban J connectivity index is 3.00. The van der Waals surface area contributed by atoms with E-state index in [1.807, 2.05) is 41.5 Å². The first kappa shape index (κ1) is 12.2. The molecule has 0 saturated heterocycles. The van der Waals surface area contributed by atoms with Crippen molar-refractivity contribution in [2.45, 2.75) is 13.8 Å². The van der Waals surface area contributed by atoms with E-state index in [1.165, 1.54) is 0 Å². The van der Waals surface area contributed by atoms with Crippen molar-refractivity contribution >= 4 is 34.6 Å². The molecule has 0 atom stereocenters. The van der Waals surface area contributed by atoms with E-state index in [1.54, 1.807) is 12.4 Å². The van der Waals surface area contributed by atoms with E-state index in [4.69, 9.17) is 0 Å². The van der Waals surface area contributed by atoms with E-state index >= 15 is 0 Å². The summed E-state index contributed by atoms with van der Waals surface area (Å²) in [5.74, 6) is 0. The molecule has 5 heteroatoms. The Morgan fingerprint density at radius 2 is 2.33 bits per heavy atom. The van der Waals surface area contributed by atoms with Crippen molar-refractivity contribution in [3.05, 3.63) is 25.7 Å². The smallest absolute Gasteiger partial charge is 0.261 e. The fourth-order valence-corrected chi connectivity index (χ4v) is 1.39. The molecule has 1 heterocycles. The lowest BCUT2D eigenvalue weighted by Gasteiger charge is -2.08. The van der Waals surface area contributed by atoms with Crippen LogP contribution in [0.3, 0.4) is 0 Å². The van der Waals surface area contributed by atoms with E-state index in [2.05, 4.69) is 16.9 Å². The summed E-state index contributed by atoms with van der Waals surface area (Å²) < 4.78 is 0.657. The van der Waals surface area contributed by atoms with Crippen molar-refractivity contribution in [3.8, 4) is 0 Å². The van der Waals surface area contributed by atoms with Crippen LogP contribution in [0, 0.1) is 10.5 Å². The summed E-state index contributed by atoms with van der Waals surface area (Å²) in [6.07, 6.45) is 1.76. The molecule has 0 spiro atoms. The van der Waals surface area contributed by atoms with Gasteiger partial charge in [0.2, 0.25) is 0 Å². The molecule has 0 radical (unpaired) electrons. The van der Waals surface area contributed by atoms with Crippen LogP contribution in [0.25, 0.3) is 0 Å². The lowest BCUT2D eigenvalue weighted by Crippen LogP contribution is -2.15. The monoisotopic (exact) mass is 319 g/mol. The third-order valence-electron chi connectivity index (χ3n) is 2.06. The molecule has 1 N–H and O–H groups in total. The predicted molar refractivity (Wildman–Crippen MR) is 71.0 cm³/mol. The highest BCUT2D eigenvalue weighted by Gasteiger charge is 2.01. The highest BCUT2D eigenvalue weighted by Crippen LogP contribution is 2.15. The van der Waals surface area contributed by atoms with Gasteiger partial charge in [-0.15, -0.1) is 0 Å². The number of pyridine rings is 1. The third-order valence-corrected chi connectivity index (χ3v) is 2.86. The number of nitrogens with one attached hydrogen (secondary N) is 1. The van der Waals surface area contributed by atoms with Crippen molar-refractivity contribution < 1.29 is 0 Å². The van der Waals surface area contributed by atoms with Crippen LogP contribution in [0.5, 0.6) is 0 Å². The van der Waals surface area contributed by atoms with E-state index in [0.29, 0.717) is 3.57 Å². The zero-order valence-electron chi connectivity index (χ0n) is 9.04. The van der Waals surface area contributed by atoms with Gasteiger partial charge in [-0.2, -0.15) is 0 Å². The minimum Gasteiger partial charge on any atom is -0.366 e. The number of aromatic nitrogens is 1. The average molecular weight is 319 g/mol. The third kappa shape index (κ3) is 3.33. The minimum atomic E-state index is -0.0594. The van der Waals surface area contributed by atoms with Crippen molar-refractivity contribution in [2.75, 3.05) is 13.6 Å². The molecule has 15 heavy (non-hydrogen) atoms. The molecule has 0 amide bonds. The maximum atomic E-state index is 11.3. The van der Waals surface area contributed by atoms with E-state index < -0.39 is 0 Å². The quantitative estimate of drug-likeness (QED) is 0.525.